The maximum Gasteiger partial charge on any atom is 0.192 e. The predicted molar refractivity (Wildman–Crippen MR) is 194 cm³/mol. The van der Waals surface area contributed by atoms with E-state index < -0.39 is 16.6 Å². The van der Waals surface area contributed by atoms with Crippen molar-refractivity contribution in [3.63, 3.8) is 0 Å². The summed E-state index contributed by atoms with van der Waals surface area (Å²) in [4.78, 5) is 0. The third-order valence-electron chi connectivity index (χ3n) is 13.1. The maximum atomic E-state index is 10.5. The Morgan fingerprint density at radius 1 is 0.909 bits per heavy atom. The molecule has 0 aliphatic heterocycles. The molecule has 0 radical (unpaired) electrons. The molecule has 0 bridgehead atoms. The molecule has 3 nitrogen and oxygen atoms in total. The Labute approximate surface area is 274 Å². The summed E-state index contributed by atoms with van der Waals surface area (Å²) >= 11 is 0. The second-order valence-electron chi connectivity index (χ2n) is 18.4. The van der Waals surface area contributed by atoms with Crippen LogP contribution in [0.4, 0.5) is 0 Å². The highest BCUT2D eigenvalue weighted by atomic mass is 28.4. The molecule has 0 spiro atoms. The number of allylic oxidation sites excluding steroid dienone is 4. The van der Waals surface area contributed by atoms with Gasteiger partial charge in [0.25, 0.3) is 0 Å². The molecule has 1 N–H and O–H groups in total. The molecule has 7 atom stereocenters. The summed E-state index contributed by atoms with van der Waals surface area (Å²) in [5.41, 5.74) is 4.49. The molecule has 0 heterocycles. The molecule has 0 unspecified atom stereocenters. The summed E-state index contributed by atoms with van der Waals surface area (Å²) in [6, 6.07) is 0. The van der Waals surface area contributed by atoms with Gasteiger partial charge in [0.15, 0.2) is 16.6 Å². The fourth-order valence-electron chi connectivity index (χ4n) is 7.93. The fraction of sp³-hybridized carbons (Fsp3) is 0.795. The van der Waals surface area contributed by atoms with Gasteiger partial charge in [-0.1, -0.05) is 91.8 Å². The Morgan fingerprint density at radius 3 is 2.11 bits per heavy atom. The normalized spacial score (nSPS) is 34.2. The maximum absolute atomic E-state index is 10.5. The van der Waals surface area contributed by atoms with E-state index >= 15 is 0 Å². The molecule has 0 aromatic carbocycles. The van der Waals surface area contributed by atoms with E-state index in [9.17, 15) is 5.11 Å². The van der Waals surface area contributed by atoms with Gasteiger partial charge in [-0.2, -0.15) is 0 Å². The van der Waals surface area contributed by atoms with Crippen molar-refractivity contribution in [3.05, 3.63) is 47.6 Å². The molecule has 0 aromatic rings. The van der Waals surface area contributed by atoms with Crippen molar-refractivity contribution >= 4 is 16.6 Å². The minimum atomic E-state index is -1.98. The Kier molecular flexibility index (Phi) is 10.7. The van der Waals surface area contributed by atoms with Crippen molar-refractivity contribution in [2.45, 2.75) is 168 Å². The summed E-state index contributed by atoms with van der Waals surface area (Å²) < 4.78 is 14.2. The molecule has 44 heavy (non-hydrogen) atoms. The highest BCUT2D eigenvalue weighted by Gasteiger charge is 2.50. The zero-order chi connectivity index (χ0) is 32.9. The van der Waals surface area contributed by atoms with Crippen molar-refractivity contribution in [1.29, 1.82) is 0 Å². The Hall–Kier alpha value is -0.726. The van der Waals surface area contributed by atoms with Crippen LogP contribution < -0.4 is 0 Å². The third-order valence-corrected chi connectivity index (χ3v) is 22.1. The number of aliphatic hydroxyl groups is 1. The predicted octanol–water partition coefficient (Wildman–Crippen LogP) is 11.1. The van der Waals surface area contributed by atoms with Crippen LogP contribution >= 0.6 is 0 Å². The minimum Gasteiger partial charge on any atom is -0.413 e. The third kappa shape index (κ3) is 7.86. The molecule has 250 valence electrons. The first-order valence-corrected chi connectivity index (χ1v) is 23.8. The first kappa shape index (κ1) is 36.1. The lowest BCUT2D eigenvalue weighted by atomic mass is 9.61. The van der Waals surface area contributed by atoms with E-state index in [0.29, 0.717) is 29.1 Å². The van der Waals surface area contributed by atoms with Crippen LogP contribution in [0.15, 0.2) is 47.6 Å². The quantitative estimate of drug-likeness (QED) is 0.201. The van der Waals surface area contributed by atoms with Gasteiger partial charge in [0.2, 0.25) is 0 Å². The lowest BCUT2D eigenvalue weighted by Gasteiger charge is -2.45. The van der Waals surface area contributed by atoms with E-state index in [2.05, 4.69) is 112 Å². The van der Waals surface area contributed by atoms with Gasteiger partial charge in [0.05, 0.1) is 18.3 Å². The van der Waals surface area contributed by atoms with E-state index in [4.69, 9.17) is 8.85 Å². The zero-order valence-corrected chi connectivity index (χ0v) is 32.7. The second kappa shape index (κ2) is 13.1. The molecule has 0 saturated heterocycles. The Balaban J connectivity index is 1.57. The molecule has 4 rings (SSSR count). The molecular formula is C39H68O3Si2. The van der Waals surface area contributed by atoms with E-state index in [1.54, 1.807) is 5.57 Å². The van der Waals surface area contributed by atoms with Crippen LogP contribution in [-0.4, -0.2) is 40.1 Å². The van der Waals surface area contributed by atoms with Gasteiger partial charge in [-0.25, -0.2) is 0 Å². The van der Waals surface area contributed by atoms with Gasteiger partial charge in [0, 0.05) is 6.42 Å². The summed E-state index contributed by atoms with van der Waals surface area (Å²) in [6.07, 6.45) is 19.9. The number of fused-ring (bicyclic) bond motifs is 1. The van der Waals surface area contributed by atoms with E-state index in [-0.39, 0.29) is 28.4 Å². The molecule has 4 fully saturated rings. The highest BCUT2D eigenvalue weighted by molar-refractivity contribution is 6.74. The van der Waals surface area contributed by atoms with Crippen LogP contribution in [0.1, 0.15) is 113 Å². The van der Waals surface area contributed by atoms with Gasteiger partial charge < -0.3 is 14.0 Å². The van der Waals surface area contributed by atoms with Crippen LogP contribution in [0.2, 0.25) is 36.3 Å². The molecular weight excluding hydrogens is 573 g/mol. The van der Waals surface area contributed by atoms with Crippen molar-refractivity contribution < 1.29 is 14.0 Å². The molecule has 4 aliphatic rings. The lowest BCUT2D eigenvalue weighted by Crippen LogP contribution is -2.49. The summed E-state index contributed by atoms with van der Waals surface area (Å²) in [7, 11) is -3.90. The molecule has 0 amide bonds. The van der Waals surface area contributed by atoms with Crippen LogP contribution in [-0.2, 0) is 8.85 Å². The molecule has 4 aliphatic carbocycles. The average molecular weight is 641 g/mol. The fourth-order valence-corrected chi connectivity index (χ4v) is 10.6. The standard InChI is InChI=1S/C39H68O3Si2/c1-27(16-23-35(40)30-18-19-30)33-21-22-34-29(15-14-24-39(33,34)9)17-20-31-25-32(41-43(10,11)37(3,4)5)26-36(28(31)2)42-44(12,13)38(6,7)8/h16-17,20,23,27,30,32-36,40H,2,14-15,18-19,21-22,24-26H2,1,3-13H3/b23-16+,29-17+,31-20+/t27-,32+,33+,34-,35-,36-,39+/m0/s1. The first-order chi connectivity index (χ1) is 20.2. The second-order valence-corrected chi connectivity index (χ2v) is 27.9. The molecule has 4 saturated carbocycles. The van der Waals surface area contributed by atoms with Crippen LogP contribution in [0.5, 0.6) is 0 Å². The van der Waals surface area contributed by atoms with Crippen molar-refractivity contribution in [1.82, 2.24) is 0 Å². The first-order valence-electron chi connectivity index (χ1n) is 18.0. The Bertz CT molecular complexity index is 1130. The zero-order valence-electron chi connectivity index (χ0n) is 30.7. The number of hydrogen-bond donors (Lipinski definition) is 1. The smallest absolute Gasteiger partial charge is 0.192 e. The van der Waals surface area contributed by atoms with Crippen LogP contribution in [0.3, 0.4) is 0 Å². The summed E-state index contributed by atoms with van der Waals surface area (Å²) in [5, 5.41) is 10.8. The number of aliphatic hydroxyl groups excluding tert-OH is 1. The Morgan fingerprint density at radius 2 is 1.52 bits per heavy atom. The largest absolute Gasteiger partial charge is 0.413 e. The van der Waals surface area contributed by atoms with Crippen molar-refractivity contribution in [2.75, 3.05) is 0 Å². The van der Waals surface area contributed by atoms with Gasteiger partial charge in [-0.3, -0.25) is 0 Å². The molecule has 5 heteroatoms. The number of hydrogen-bond acceptors (Lipinski definition) is 3. The van der Waals surface area contributed by atoms with Crippen molar-refractivity contribution in [2.24, 2.45) is 29.1 Å². The SMILES string of the molecule is C=C1/C(=C/C=C2\CCC[C@]3(C)[C@@H]([C@@H](C)/C=C/[C@H](O)C4CC4)CC[C@@H]23)C[C@@H](O[Si](C)(C)C(C)(C)C)C[C@@H]1O[Si](C)(C)C(C)(C)C. The van der Waals surface area contributed by atoms with E-state index in [1.165, 1.54) is 56.1 Å². The van der Waals surface area contributed by atoms with Crippen LogP contribution in [0.25, 0.3) is 0 Å². The van der Waals surface area contributed by atoms with Gasteiger partial charge in [-0.15, -0.1) is 0 Å². The van der Waals surface area contributed by atoms with Gasteiger partial charge in [0.1, 0.15) is 0 Å². The molecule has 0 aromatic heterocycles. The minimum absolute atomic E-state index is 0.0233. The average Bonchev–Trinajstić information content (AvgIpc) is 3.68. The highest BCUT2D eigenvalue weighted by Crippen LogP contribution is 2.59. The van der Waals surface area contributed by atoms with Crippen molar-refractivity contribution in [3.8, 4) is 0 Å². The summed E-state index contributed by atoms with van der Waals surface area (Å²) in [6.45, 7) is 33.2. The monoisotopic (exact) mass is 640 g/mol. The van der Waals surface area contributed by atoms with Gasteiger partial charge >= 0.3 is 0 Å². The topological polar surface area (TPSA) is 38.7 Å². The van der Waals surface area contributed by atoms with Crippen LogP contribution in [0, 0.1) is 29.1 Å². The van der Waals surface area contributed by atoms with Gasteiger partial charge in [-0.05, 0) is 128 Å². The number of rotatable bonds is 9. The van der Waals surface area contributed by atoms with E-state index in [1.807, 2.05) is 0 Å². The van der Waals surface area contributed by atoms with E-state index in [0.717, 1.165) is 12.8 Å². The summed E-state index contributed by atoms with van der Waals surface area (Å²) in [5.74, 6) is 2.35. The lowest BCUT2D eigenvalue weighted by molar-refractivity contribution is 0.0969.